The largest absolute Gasteiger partial charge is 0.462 e. The third-order valence-electron chi connectivity index (χ3n) is 4.02. The third kappa shape index (κ3) is 4.54. The van der Waals surface area contributed by atoms with E-state index in [0.29, 0.717) is 35.7 Å². The number of anilines is 1. The second-order valence-corrected chi connectivity index (χ2v) is 7.61. The Morgan fingerprint density at radius 3 is 2.83 bits per heavy atom. The summed E-state index contributed by atoms with van der Waals surface area (Å²) in [5.74, 6) is 0.229. The molecule has 0 saturated carbocycles. The predicted molar refractivity (Wildman–Crippen MR) is 92.0 cm³/mol. The highest BCUT2D eigenvalue weighted by atomic mass is 32.1. The van der Waals surface area contributed by atoms with Gasteiger partial charge in [0.25, 0.3) is 5.91 Å². The highest BCUT2D eigenvalue weighted by molar-refractivity contribution is 7.17. The van der Waals surface area contributed by atoms with Crippen molar-refractivity contribution in [2.75, 3.05) is 18.5 Å². The Morgan fingerprint density at radius 2 is 2.17 bits per heavy atom. The Balaban J connectivity index is 2.23. The van der Waals surface area contributed by atoms with E-state index in [1.54, 1.807) is 6.92 Å². The summed E-state index contributed by atoms with van der Waals surface area (Å²) < 4.78 is 5.21. The first kappa shape index (κ1) is 17.9. The van der Waals surface area contributed by atoms with Crippen LogP contribution < -0.4 is 10.6 Å². The van der Waals surface area contributed by atoms with Gasteiger partial charge in [-0.1, -0.05) is 6.92 Å². The Hall–Kier alpha value is -1.40. The van der Waals surface area contributed by atoms with Crippen molar-refractivity contribution in [3.63, 3.8) is 0 Å². The van der Waals surface area contributed by atoms with E-state index in [9.17, 15) is 9.59 Å². The van der Waals surface area contributed by atoms with E-state index >= 15 is 0 Å². The molecule has 1 heterocycles. The van der Waals surface area contributed by atoms with Crippen LogP contribution >= 0.6 is 11.3 Å². The molecule has 0 aromatic carbocycles. The maximum absolute atomic E-state index is 12.4. The lowest BCUT2D eigenvalue weighted by Crippen LogP contribution is -2.90. The molecule has 128 valence electrons. The van der Waals surface area contributed by atoms with E-state index in [2.05, 4.69) is 12.2 Å². The van der Waals surface area contributed by atoms with Crippen LogP contribution in [0.1, 0.15) is 54.9 Å². The Morgan fingerprint density at radius 1 is 1.43 bits per heavy atom. The first-order valence-electron chi connectivity index (χ1n) is 8.37. The van der Waals surface area contributed by atoms with Crippen molar-refractivity contribution in [3.8, 4) is 0 Å². The smallest absolute Gasteiger partial charge is 0.341 e. The molecule has 0 fully saturated rings. The summed E-state index contributed by atoms with van der Waals surface area (Å²) in [5.41, 5.74) is 1.66. The molecule has 0 saturated heterocycles. The molecular weight excluding hydrogens is 312 g/mol. The first-order valence-corrected chi connectivity index (χ1v) is 9.18. The molecule has 0 spiro atoms. The van der Waals surface area contributed by atoms with E-state index in [1.165, 1.54) is 16.2 Å². The quantitative estimate of drug-likeness (QED) is 0.778. The van der Waals surface area contributed by atoms with Crippen molar-refractivity contribution in [1.82, 2.24) is 0 Å². The summed E-state index contributed by atoms with van der Waals surface area (Å²) in [6, 6.07) is 0.364. The van der Waals surface area contributed by atoms with Crippen molar-refractivity contribution in [3.05, 3.63) is 16.0 Å². The van der Waals surface area contributed by atoms with Gasteiger partial charge in [0.2, 0.25) is 0 Å². The molecule has 0 radical (unpaired) electrons. The van der Waals surface area contributed by atoms with Crippen LogP contribution in [0, 0.1) is 5.92 Å². The van der Waals surface area contributed by atoms with E-state index in [-0.39, 0.29) is 11.9 Å². The summed E-state index contributed by atoms with van der Waals surface area (Å²) in [6.07, 6.45) is 2.93. The Bertz CT molecular complexity index is 581. The maximum Gasteiger partial charge on any atom is 0.341 e. The van der Waals surface area contributed by atoms with E-state index in [0.717, 1.165) is 24.8 Å². The molecule has 0 unspecified atom stereocenters. The standard InChI is InChI=1S/C17H26N2O3S/c1-5-22-17(21)15-12-7-6-11(4)8-13(12)23-16(15)19-14(20)9-18-10(2)3/h10-11,18H,5-9H2,1-4H3,(H,19,20)/p+1/t11-/m0/s1. The fraction of sp³-hybridized carbons (Fsp3) is 0.647. The fourth-order valence-electron chi connectivity index (χ4n) is 2.78. The average molecular weight is 339 g/mol. The number of thiophene rings is 1. The minimum Gasteiger partial charge on any atom is -0.462 e. The number of amides is 1. The lowest BCUT2D eigenvalue weighted by atomic mass is 9.88. The Labute approximate surface area is 141 Å². The molecule has 23 heavy (non-hydrogen) atoms. The van der Waals surface area contributed by atoms with Gasteiger partial charge in [-0.05, 0) is 51.5 Å². The van der Waals surface area contributed by atoms with Crippen molar-refractivity contribution in [2.24, 2.45) is 5.92 Å². The van der Waals surface area contributed by atoms with Gasteiger partial charge in [-0.15, -0.1) is 11.3 Å². The number of ether oxygens (including phenoxy) is 1. The van der Waals surface area contributed by atoms with Gasteiger partial charge < -0.3 is 15.4 Å². The van der Waals surface area contributed by atoms with Gasteiger partial charge in [-0.25, -0.2) is 4.79 Å². The number of rotatable bonds is 6. The zero-order chi connectivity index (χ0) is 17.0. The first-order chi connectivity index (χ1) is 10.9. The molecule has 1 aromatic heterocycles. The fourth-order valence-corrected chi connectivity index (χ4v) is 4.19. The van der Waals surface area contributed by atoms with Crippen LogP contribution in [0.15, 0.2) is 0 Å². The number of esters is 1. The highest BCUT2D eigenvalue weighted by Crippen LogP contribution is 2.40. The third-order valence-corrected chi connectivity index (χ3v) is 5.19. The van der Waals surface area contributed by atoms with Crippen molar-refractivity contribution in [1.29, 1.82) is 0 Å². The van der Waals surface area contributed by atoms with Crippen molar-refractivity contribution in [2.45, 2.75) is 53.0 Å². The van der Waals surface area contributed by atoms with Crippen LogP contribution in [0.3, 0.4) is 0 Å². The molecule has 1 aliphatic rings. The van der Waals surface area contributed by atoms with Crippen LogP contribution in [-0.2, 0) is 22.4 Å². The van der Waals surface area contributed by atoms with Gasteiger partial charge in [0.1, 0.15) is 5.00 Å². The summed E-state index contributed by atoms with van der Waals surface area (Å²) >= 11 is 1.54. The molecule has 1 aromatic rings. The number of carbonyl (C=O) groups is 2. The molecule has 0 bridgehead atoms. The SMILES string of the molecule is CCOC(=O)c1c(NC(=O)C[NH2+]C(C)C)sc2c1CC[C@H](C)C2. The number of carbonyl (C=O) groups excluding carboxylic acids is 2. The lowest BCUT2D eigenvalue weighted by Gasteiger charge is -2.18. The number of nitrogens with two attached hydrogens (primary N) is 1. The van der Waals surface area contributed by atoms with Crippen molar-refractivity contribution < 1.29 is 19.6 Å². The minimum atomic E-state index is -0.317. The van der Waals surface area contributed by atoms with Gasteiger partial charge in [0.15, 0.2) is 6.54 Å². The molecule has 2 rings (SSSR count). The highest BCUT2D eigenvalue weighted by Gasteiger charge is 2.29. The summed E-state index contributed by atoms with van der Waals surface area (Å²) in [6.45, 7) is 8.82. The zero-order valence-electron chi connectivity index (χ0n) is 14.4. The molecule has 5 nitrogen and oxygen atoms in total. The van der Waals surface area contributed by atoms with Gasteiger partial charge in [-0.2, -0.15) is 0 Å². The number of quaternary nitrogens is 1. The normalized spacial score (nSPS) is 17.0. The second-order valence-electron chi connectivity index (χ2n) is 6.51. The van der Waals surface area contributed by atoms with Crippen LogP contribution in [-0.4, -0.2) is 31.1 Å². The van der Waals surface area contributed by atoms with Crippen LogP contribution in [0.25, 0.3) is 0 Å². The predicted octanol–water partition coefficient (Wildman–Crippen LogP) is 1.96. The zero-order valence-corrected chi connectivity index (χ0v) is 15.2. The maximum atomic E-state index is 12.4. The molecule has 6 heteroatoms. The average Bonchev–Trinajstić information content (AvgIpc) is 2.82. The van der Waals surface area contributed by atoms with Crippen LogP contribution in [0.2, 0.25) is 0 Å². The summed E-state index contributed by atoms with van der Waals surface area (Å²) in [4.78, 5) is 25.7. The summed E-state index contributed by atoms with van der Waals surface area (Å²) in [7, 11) is 0. The molecular formula is C17H27N2O3S+. The molecule has 3 N–H and O–H groups in total. The molecule has 1 amide bonds. The minimum absolute atomic E-state index is 0.0732. The van der Waals surface area contributed by atoms with E-state index in [1.807, 2.05) is 19.2 Å². The molecule has 0 aliphatic heterocycles. The lowest BCUT2D eigenvalue weighted by molar-refractivity contribution is -0.672. The second kappa shape index (κ2) is 7.93. The number of fused-ring (bicyclic) bond motifs is 1. The van der Waals surface area contributed by atoms with E-state index in [4.69, 9.17) is 4.74 Å². The van der Waals surface area contributed by atoms with Crippen LogP contribution in [0.5, 0.6) is 0 Å². The summed E-state index contributed by atoms with van der Waals surface area (Å²) in [5, 5.41) is 5.55. The van der Waals surface area contributed by atoms with Gasteiger partial charge >= 0.3 is 5.97 Å². The number of nitrogens with one attached hydrogen (secondary N) is 1. The Kier molecular flexibility index (Phi) is 6.18. The van der Waals surface area contributed by atoms with Gasteiger partial charge in [0, 0.05) is 4.88 Å². The monoisotopic (exact) mass is 339 g/mol. The molecule has 1 atom stereocenters. The molecule has 1 aliphatic carbocycles. The topological polar surface area (TPSA) is 72.0 Å². The van der Waals surface area contributed by atoms with Gasteiger partial charge in [0.05, 0.1) is 18.2 Å². The number of hydrogen-bond donors (Lipinski definition) is 2. The van der Waals surface area contributed by atoms with Crippen LogP contribution in [0.4, 0.5) is 5.00 Å². The van der Waals surface area contributed by atoms with Crippen molar-refractivity contribution >= 4 is 28.2 Å². The number of hydrogen-bond acceptors (Lipinski definition) is 4. The van der Waals surface area contributed by atoms with Gasteiger partial charge in [-0.3, -0.25) is 4.79 Å². The van der Waals surface area contributed by atoms with E-state index < -0.39 is 0 Å².